The highest BCUT2D eigenvalue weighted by Crippen LogP contribution is 2.45. The van der Waals surface area contributed by atoms with Crippen LogP contribution in [-0.4, -0.2) is 23.5 Å². The number of carboxylic acid groups (broad SMARTS) is 1. The number of carbonyl (C=O) groups is 2. The van der Waals surface area contributed by atoms with E-state index >= 15 is 0 Å². The second-order valence-electron chi connectivity index (χ2n) is 4.80. The molecule has 0 atom stereocenters. The fraction of sp³-hybridized carbons (Fsp3) is 0.286. The second-order valence-corrected chi connectivity index (χ2v) is 5.72. The Kier molecular flexibility index (Phi) is 4.23. The minimum atomic E-state index is -0.889. The number of nitrogens with one attached hydrogen (secondary N) is 1. The van der Waals surface area contributed by atoms with Gasteiger partial charge in [0.15, 0.2) is 0 Å². The molecule has 1 fully saturated rings. The first-order valence-electron chi connectivity index (χ1n) is 6.07. The molecule has 0 aliphatic heterocycles. The summed E-state index contributed by atoms with van der Waals surface area (Å²) in [6, 6.07) is 4.42. The van der Waals surface area contributed by atoms with Gasteiger partial charge in [0, 0.05) is 22.7 Å². The van der Waals surface area contributed by atoms with Crippen molar-refractivity contribution in [2.75, 3.05) is 6.54 Å². The van der Waals surface area contributed by atoms with Crippen LogP contribution in [0.2, 0.25) is 0 Å². The van der Waals surface area contributed by atoms with Crippen molar-refractivity contribution in [1.82, 2.24) is 5.32 Å². The van der Waals surface area contributed by atoms with E-state index in [0.29, 0.717) is 17.3 Å². The zero-order valence-corrected chi connectivity index (χ0v) is 12.1. The van der Waals surface area contributed by atoms with E-state index in [4.69, 9.17) is 5.11 Å². The zero-order chi connectivity index (χ0) is 14.8. The lowest BCUT2D eigenvalue weighted by molar-refractivity contribution is -0.143. The SMILES string of the molecule is O=C(/C=C/c1cc(Br)ccc1F)NCC1(C(=O)O)CC1. The normalized spacial score (nSPS) is 16.1. The van der Waals surface area contributed by atoms with Crippen LogP contribution in [0.1, 0.15) is 18.4 Å². The fourth-order valence-electron chi connectivity index (χ4n) is 1.74. The molecule has 1 aromatic carbocycles. The minimum absolute atomic E-state index is 0.104. The topological polar surface area (TPSA) is 66.4 Å². The van der Waals surface area contributed by atoms with Gasteiger partial charge in [0.2, 0.25) is 5.91 Å². The highest BCUT2D eigenvalue weighted by atomic mass is 79.9. The van der Waals surface area contributed by atoms with Gasteiger partial charge in [-0.05, 0) is 37.1 Å². The summed E-state index contributed by atoms with van der Waals surface area (Å²) < 4.78 is 14.1. The van der Waals surface area contributed by atoms with Crippen LogP contribution in [0.25, 0.3) is 6.08 Å². The van der Waals surface area contributed by atoms with Crippen LogP contribution >= 0.6 is 15.9 Å². The number of aliphatic carboxylic acids is 1. The van der Waals surface area contributed by atoms with E-state index in [1.807, 2.05) is 0 Å². The first-order valence-corrected chi connectivity index (χ1v) is 6.87. The summed E-state index contributed by atoms with van der Waals surface area (Å²) in [5.74, 6) is -1.75. The van der Waals surface area contributed by atoms with Crippen molar-refractivity contribution in [1.29, 1.82) is 0 Å². The Morgan fingerprint density at radius 2 is 2.15 bits per heavy atom. The van der Waals surface area contributed by atoms with Crippen LogP contribution < -0.4 is 5.32 Å². The highest BCUT2D eigenvalue weighted by molar-refractivity contribution is 9.10. The largest absolute Gasteiger partial charge is 0.481 e. The Hall–Kier alpha value is -1.69. The third-order valence-corrected chi connectivity index (χ3v) is 3.77. The number of hydrogen-bond acceptors (Lipinski definition) is 2. The predicted molar refractivity (Wildman–Crippen MR) is 75.4 cm³/mol. The Bertz CT molecular complexity index is 582. The maximum absolute atomic E-state index is 13.4. The van der Waals surface area contributed by atoms with Crippen molar-refractivity contribution >= 4 is 33.9 Å². The lowest BCUT2D eigenvalue weighted by atomic mass is 10.1. The third kappa shape index (κ3) is 3.45. The molecule has 0 radical (unpaired) electrons. The Balaban J connectivity index is 1.93. The number of hydrogen-bond donors (Lipinski definition) is 2. The van der Waals surface area contributed by atoms with E-state index in [-0.39, 0.29) is 12.1 Å². The lowest BCUT2D eigenvalue weighted by Gasteiger charge is -2.09. The van der Waals surface area contributed by atoms with Gasteiger partial charge in [0.1, 0.15) is 5.82 Å². The van der Waals surface area contributed by atoms with Crippen molar-refractivity contribution < 1.29 is 19.1 Å². The molecular formula is C14H13BrFNO3. The van der Waals surface area contributed by atoms with E-state index in [1.54, 1.807) is 12.1 Å². The van der Waals surface area contributed by atoms with Crippen molar-refractivity contribution in [3.05, 3.63) is 40.1 Å². The number of halogens is 2. The molecule has 0 heterocycles. The van der Waals surface area contributed by atoms with E-state index in [2.05, 4.69) is 21.2 Å². The fourth-order valence-corrected chi connectivity index (χ4v) is 2.12. The summed E-state index contributed by atoms with van der Waals surface area (Å²) in [7, 11) is 0. The quantitative estimate of drug-likeness (QED) is 0.809. The van der Waals surface area contributed by atoms with Crippen LogP contribution in [0.4, 0.5) is 4.39 Å². The molecule has 0 aromatic heterocycles. The van der Waals surface area contributed by atoms with Gasteiger partial charge in [0.05, 0.1) is 5.41 Å². The van der Waals surface area contributed by atoms with E-state index in [1.165, 1.54) is 18.2 Å². The first-order chi connectivity index (χ1) is 9.43. The van der Waals surface area contributed by atoms with E-state index in [0.717, 1.165) is 0 Å². The van der Waals surface area contributed by atoms with Crippen molar-refractivity contribution in [3.63, 3.8) is 0 Å². The van der Waals surface area contributed by atoms with Gasteiger partial charge in [0.25, 0.3) is 0 Å². The lowest BCUT2D eigenvalue weighted by Crippen LogP contribution is -2.33. The number of rotatable bonds is 5. The molecule has 1 aromatic rings. The van der Waals surface area contributed by atoms with Crippen molar-refractivity contribution in [3.8, 4) is 0 Å². The Morgan fingerprint density at radius 3 is 2.75 bits per heavy atom. The van der Waals surface area contributed by atoms with Crippen molar-refractivity contribution in [2.24, 2.45) is 5.41 Å². The Labute approximate surface area is 123 Å². The number of benzene rings is 1. The minimum Gasteiger partial charge on any atom is -0.481 e. The average Bonchev–Trinajstić information content (AvgIpc) is 3.18. The zero-order valence-electron chi connectivity index (χ0n) is 10.5. The number of amides is 1. The van der Waals surface area contributed by atoms with E-state index in [9.17, 15) is 14.0 Å². The van der Waals surface area contributed by atoms with Crippen LogP contribution in [0.15, 0.2) is 28.7 Å². The van der Waals surface area contributed by atoms with E-state index < -0.39 is 23.1 Å². The second kappa shape index (κ2) is 5.75. The van der Waals surface area contributed by atoms with Gasteiger partial charge in [-0.2, -0.15) is 0 Å². The summed E-state index contributed by atoms with van der Waals surface area (Å²) in [5, 5.41) is 11.5. The molecule has 4 nitrogen and oxygen atoms in total. The molecule has 1 saturated carbocycles. The maximum Gasteiger partial charge on any atom is 0.311 e. The van der Waals surface area contributed by atoms with Gasteiger partial charge in [-0.3, -0.25) is 9.59 Å². The third-order valence-electron chi connectivity index (χ3n) is 3.28. The first kappa shape index (κ1) is 14.7. The van der Waals surface area contributed by atoms with Crippen LogP contribution in [0.3, 0.4) is 0 Å². The summed E-state index contributed by atoms with van der Waals surface area (Å²) in [5.41, 5.74) is -0.515. The monoisotopic (exact) mass is 341 g/mol. The molecule has 6 heteroatoms. The van der Waals surface area contributed by atoms with Crippen LogP contribution in [0.5, 0.6) is 0 Å². The van der Waals surface area contributed by atoms with Crippen molar-refractivity contribution in [2.45, 2.75) is 12.8 Å². The molecule has 0 spiro atoms. The standard InChI is InChI=1S/C14H13BrFNO3/c15-10-2-3-11(16)9(7-10)1-4-12(18)17-8-14(5-6-14)13(19)20/h1-4,7H,5-6,8H2,(H,17,18)(H,19,20)/b4-1+. The smallest absolute Gasteiger partial charge is 0.311 e. The van der Waals surface area contributed by atoms with Gasteiger partial charge in [-0.1, -0.05) is 15.9 Å². The molecule has 1 amide bonds. The molecule has 106 valence electrons. The van der Waals surface area contributed by atoms with Gasteiger partial charge in [-0.25, -0.2) is 4.39 Å². The predicted octanol–water partition coefficient (Wildman–Crippen LogP) is 2.58. The van der Waals surface area contributed by atoms with Gasteiger partial charge < -0.3 is 10.4 Å². The maximum atomic E-state index is 13.4. The molecule has 0 unspecified atom stereocenters. The van der Waals surface area contributed by atoms with Crippen LogP contribution in [-0.2, 0) is 9.59 Å². The highest BCUT2D eigenvalue weighted by Gasteiger charge is 2.50. The summed E-state index contributed by atoms with van der Waals surface area (Å²) >= 11 is 3.22. The number of carboxylic acids is 1. The molecule has 2 N–H and O–H groups in total. The van der Waals surface area contributed by atoms with Gasteiger partial charge in [-0.15, -0.1) is 0 Å². The molecule has 1 aliphatic rings. The summed E-state index contributed by atoms with van der Waals surface area (Å²) in [6.45, 7) is 0.104. The van der Waals surface area contributed by atoms with Gasteiger partial charge >= 0.3 is 5.97 Å². The average molecular weight is 342 g/mol. The molecule has 1 aliphatic carbocycles. The molecule has 20 heavy (non-hydrogen) atoms. The summed E-state index contributed by atoms with van der Waals surface area (Å²) in [4.78, 5) is 22.5. The molecule has 0 saturated heterocycles. The molecule has 0 bridgehead atoms. The van der Waals surface area contributed by atoms with Crippen LogP contribution in [0, 0.1) is 11.2 Å². The summed E-state index contributed by atoms with van der Waals surface area (Å²) in [6.07, 6.45) is 3.71. The number of carbonyl (C=O) groups excluding carboxylic acids is 1. The molecule has 2 rings (SSSR count). The molecular weight excluding hydrogens is 329 g/mol. The Morgan fingerprint density at radius 1 is 1.45 bits per heavy atom.